The van der Waals surface area contributed by atoms with E-state index in [9.17, 15) is 4.79 Å². The molecule has 8 nitrogen and oxygen atoms in total. The zero-order valence-electron chi connectivity index (χ0n) is 18.4. The molecule has 1 aromatic carbocycles. The van der Waals surface area contributed by atoms with Crippen LogP contribution in [0.4, 0.5) is 5.95 Å². The lowest BCUT2D eigenvalue weighted by molar-refractivity contribution is -0.283. The first-order valence-corrected chi connectivity index (χ1v) is 11.3. The summed E-state index contributed by atoms with van der Waals surface area (Å²) in [5.74, 6) is 1.86. The fraction of sp³-hybridized carbons (Fsp3) is 0.542. The number of carbonyl (C=O) groups is 1. The first-order chi connectivity index (χ1) is 15.5. The average molecular weight is 437 g/mol. The molecule has 5 aliphatic rings. The molecule has 3 aliphatic carbocycles. The zero-order valence-corrected chi connectivity index (χ0v) is 18.4. The van der Waals surface area contributed by atoms with Gasteiger partial charge in [0.25, 0.3) is 0 Å². The Bertz CT molecular complexity index is 1050. The fourth-order valence-corrected chi connectivity index (χ4v) is 6.41. The molecule has 1 aromatic heterocycles. The Balaban J connectivity index is 1.19. The van der Waals surface area contributed by atoms with E-state index in [-0.39, 0.29) is 17.4 Å². The van der Waals surface area contributed by atoms with Gasteiger partial charge in [0.2, 0.25) is 11.9 Å². The minimum atomic E-state index is -0.465. The number of primary amides is 1. The molecule has 0 radical (unpaired) electrons. The van der Waals surface area contributed by atoms with Gasteiger partial charge in [-0.1, -0.05) is 12.1 Å². The van der Waals surface area contributed by atoms with Gasteiger partial charge in [-0.05, 0) is 49.8 Å². The molecule has 2 saturated heterocycles. The first kappa shape index (κ1) is 19.9. The quantitative estimate of drug-likeness (QED) is 0.743. The van der Waals surface area contributed by atoms with Crippen LogP contribution in [-0.2, 0) is 14.3 Å². The van der Waals surface area contributed by atoms with Gasteiger partial charge in [-0.3, -0.25) is 4.79 Å². The lowest BCUT2D eigenvalue weighted by Crippen LogP contribution is -2.78. The predicted molar refractivity (Wildman–Crippen MR) is 117 cm³/mol. The minimum Gasteiger partial charge on any atom is -0.454 e. The molecule has 2 aromatic rings. The van der Waals surface area contributed by atoms with Gasteiger partial charge in [0, 0.05) is 13.0 Å². The number of benzene rings is 1. The summed E-state index contributed by atoms with van der Waals surface area (Å²) >= 11 is 0. The number of aryl methyl sites for hydroxylation is 1. The van der Waals surface area contributed by atoms with Gasteiger partial charge in [-0.2, -0.15) is 0 Å². The molecule has 7 rings (SSSR count). The Labute approximate surface area is 187 Å². The van der Waals surface area contributed by atoms with Gasteiger partial charge < -0.3 is 24.8 Å². The van der Waals surface area contributed by atoms with E-state index in [2.05, 4.69) is 20.9 Å². The van der Waals surface area contributed by atoms with E-state index in [1.165, 1.54) is 0 Å². The summed E-state index contributed by atoms with van der Waals surface area (Å²) in [6.45, 7) is 3.48. The van der Waals surface area contributed by atoms with Crippen LogP contribution in [0.25, 0.3) is 0 Å². The van der Waals surface area contributed by atoms with Crippen molar-refractivity contribution < 1.29 is 19.0 Å². The molecule has 5 fully saturated rings. The van der Waals surface area contributed by atoms with Crippen LogP contribution in [0, 0.1) is 12.3 Å². The van der Waals surface area contributed by atoms with Crippen molar-refractivity contribution in [3.8, 4) is 11.5 Å². The molecule has 1 amide bonds. The molecule has 3 saturated carbocycles. The Morgan fingerprint density at radius 1 is 1.19 bits per heavy atom. The van der Waals surface area contributed by atoms with Crippen LogP contribution in [0.5, 0.6) is 11.5 Å². The van der Waals surface area contributed by atoms with Crippen LogP contribution in [0.1, 0.15) is 42.7 Å². The Hall–Kier alpha value is -2.71. The maximum absolute atomic E-state index is 12.1. The summed E-state index contributed by atoms with van der Waals surface area (Å²) in [6, 6.07) is 6.76. The topological polar surface area (TPSA) is 99.8 Å². The van der Waals surface area contributed by atoms with E-state index < -0.39 is 5.41 Å². The highest BCUT2D eigenvalue weighted by Gasteiger charge is 2.79. The minimum absolute atomic E-state index is 0.0109. The van der Waals surface area contributed by atoms with Crippen LogP contribution < -0.4 is 15.4 Å². The van der Waals surface area contributed by atoms with Crippen molar-refractivity contribution in [2.24, 2.45) is 11.1 Å². The molecular weight excluding hydrogens is 408 g/mol. The third-order valence-corrected chi connectivity index (χ3v) is 8.05. The summed E-state index contributed by atoms with van der Waals surface area (Å²) in [6.07, 6.45) is 7.13. The van der Waals surface area contributed by atoms with Crippen LogP contribution in [-0.4, -0.2) is 53.9 Å². The second-order valence-corrected chi connectivity index (χ2v) is 9.75. The lowest BCUT2D eigenvalue weighted by Gasteiger charge is -2.73. The number of hydrogen-bond donors (Lipinski definition) is 1. The van der Waals surface area contributed by atoms with E-state index in [4.69, 9.17) is 19.9 Å². The number of amides is 1. The second-order valence-electron chi connectivity index (χ2n) is 9.75. The number of aromatic nitrogens is 2. The van der Waals surface area contributed by atoms with Gasteiger partial charge in [0.15, 0.2) is 5.75 Å². The maximum Gasteiger partial charge on any atom is 0.226 e. The third kappa shape index (κ3) is 2.65. The van der Waals surface area contributed by atoms with Crippen LogP contribution in [0.2, 0.25) is 0 Å². The number of nitrogens with zero attached hydrogens (tertiary/aromatic N) is 3. The van der Waals surface area contributed by atoms with Crippen molar-refractivity contribution in [3.63, 3.8) is 0 Å². The van der Waals surface area contributed by atoms with Crippen molar-refractivity contribution in [1.82, 2.24) is 9.97 Å². The van der Waals surface area contributed by atoms with Crippen molar-refractivity contribution >= 4 is 11.9 Å². The summed E-state index contributed by atoms with van der Waals surface area (Å²) < 4.78 is 17.5. The van der Waals surface area contributed by atoms with Crippen molar-refractivity contribution in [1.29, 1.82) is 0 Å². The number of methoxy groups -OCH3 is 1. The van der Waals surface area contributed by atoms with Gasteiger partial charge in [0.1, 0.15) is 5.75 Å². The molecule has 3 heterocycles. The van der Waals surface area contributed by atoms with Crippen molar-refractivity contribution in [2.75, 3.05) is 25.2 Å². The van der Waals surface area contributed by atoms with Gasteiger partial charge >= 0.3 is 0 Å². The summed E-state index contributed by atoms with van der Waals surface area (Å²) in [5, 5.41) is 0. The number of fused-ring (bicyclic) bond motifs is 2. The highest BCUT2D eigenvalue weighted by molar-refractivity contribution is 5.87. The van der Waals surface area contributed by atoms with Crippen molar-refractivity contribution in [2.45, 2.75) is 56.2 Å². The summed E-state index contributed by atoms with van der Waals surface area (Å²) in [7, 11) is 1.72. The first-order valence-electron chi connectivity index (χ1n) is 11.3. The predicted octanol–water partition coefficient (Wildman–Crippen LogP) is 2.69. The summed E-state index contributed by atoms with van der Waals surface area (Å²) in [5.41, 5.74) is 7.06. The largest absolute Gasteiger partial charge is 0.454 e. The van der Waals surface area contributed by atoms with Gasteiger partial charge in [0.05, 0.1) is 48.7 Å². The third-order valence-electron chi connectivity index (χ3n) is 8.05. The maximum atomic E-state index is 12.1. The fourth-order valence-electron chi connectivity index (χ4n) is 6.41. The number of carbonyl (C=O) groups excluding carboxylic acids is 1. The number of ether oxygens (including phenoxy) is 3. The summed E-state index contributed by atoms with van der Waals surface area (Å²) in [4.78, 5) is 23.5. The number of rotatable bonds is 6. The normalized spacial score (nSPS) is 34.6. The molecule has 32 heavy (non-hydrogen) atoms. The molecule has 3 atom stereocenters. The molecule has 2 N–H and O–H groups in total. The Morgan fingerprint density at radius 3 is 2.47 bits per heavy atom. The van der Waals surface area contributed by atoms with E-state index in [1.54, 1.807) is 19.5 Å². The van der Waals surface area contributed by atoms with Gasteiger partial charge in [-0.15, -0.1) is 0 Å². The molecule has 8 heteroatoms. The number of hydrogen-bond acceptors (Lipinski definition) is 7. The highest BCUT2D eigenvalue weighted by atomic mass is 16.5. The highest BCUT2D eigenvalue weighted by Crippen LogP contribution is 2.76. The molecule has 0 spiro atoms. The lowest BCUT2D eigenvalue weighted by atomic mass is 9.33. The SMILES string of the molecule is COC12CC(C(N)=O)(C1)C2c1ccc(Oc2cnc(N3C4CCC3COC4)nc2)c(C)c1. The Kier molecular flexibility index (Phi) is 4.29. The smallest absolute Gasteiger partial charge is 0.226 e. The van der Waals surface area contributed by atoms with Gasteiger partial charge in [-0.25, -0.2) is 9.97 Å². The number of morpholine rings is 1. The molecule has 4 bridgehead atoms. The number of nitrogens with two attached hydrogens (primary N) is 1. The molecule has 2 aliphatic heterocycles. The van der Waals surface area contributed by atoms with E-state index >= 15 is 0 Å². The Morgan fingerprint density at radius 2 is 1.88 bits per heavy atom. The average Bonchev–Trinajstić information content (AvgIpc) is 2.97. The van der Waals surface area contributed by atoms with Crippen LogP contribution >= 0.6 is 0 Å². The van der Waals surface area contributed by atoms with E-state index in [0.717, 1.165) is 48.9 Å². The molecule has 168 valence electrons. The molecular formula is C24H28N4O4. The second kappa shape index (κ2) is 6.89. The standard InChI is InChI=1S/C24H28N4O4/c1-14-7-15(20-23(21(25)29)12-24(20,13-23)30-2)3-6-19(14)32-18-8-26-22(27-9-18)28-16-4-5-17(28)11-31-10-16/h3,6-9,16-17,20H,4-5,10-13H2,1-2H3,(H2,25,29). The monoisotopic (exact) mass is 436 g/mol. The zero-order chi connectivity index (χ0) is 22.1. The van der Waals surface area contributed by atoms with Crippen LogP contribution in [0.3, 0.4) is 0 Å². The van der Waals surface area contributed by atoms with E-state index in [1.807, 2.05) is 19.1 Å². The van der Waals surface area contributed by atoms with Crippen LogP contribution in [0.15, 0.2) is 30.6 Å². The van der Waals surface area contributed by atoms with Crippen molar-refractivity contribution in [3.05, 3.63) is 41.7 Å². The molecule has 3 unspecified atom stereocenters. The van der Waals surface area contributed by atoms with E-state index in [0.29, 0.717) is 30.7 Å². The number of anilines is 1.